The normalized spacial score (nSPS) is 33.9. The van der Waals surface area contributed by atoms with Crippen LogP contribution in [0, 0.1) is 11.8 Å². The zero-order valence-corrected chi connectivity index (χ0v) is 20.4. The van der Waals surface area contributed by atoms with Crippen molar-refractivity contribution in [1.82, 2.24) is 9.80 Å². The standard InChI is InChI=1S/C24H36N2O5S/c1-7-12-25(15(4)5)21(29)19-24-11-10-23(6,32-24)18(22(30)31-13-8-2)17(24)20(28)26(19)16(9-3)14-27/h7-8,15-19,27H,1-2,9-14H2,3-6H3/t16-,17-,18+,19?,23-,24?/m0/s1. The lowest BCUT2D eigenvalue weighted by atomic mass is 9.66. The number of fused-ring (bicyclic) bond motifs is 1. The van der Waals surface area contributed by atoms with Gasteiger partial charge >= 0.3 is 5.97 Å². The number of hydrogen-bond donors (Lipinski definition) is 1. The number of rotatable bonds is 10. The van der Waals surface area contributed by atoms with Gasteiger partial charge < -0.3 is 19.6 Å². The van der Waals surface area contributed by atoms with Crippen molar-refractivity contribution >= 4 is 29.5 Å². The Bertz CT molecular complexity index is 797. The zero-order valence-electron chi connectivity index (χ0n) is 19.6. The summed E-state index contributed by atoms with van der Waals surface area (Å²) in [6.07, 6.45) is 5.12. The van der Waals surface area contributed by atoms with Gasteiger partial charge in [0.2, 0.25) is 11.8 Å². The summed E-state index contributed by atoms with van der Waals surface area (Å²) in [5, 5.41) is 10.1. The van der Waals surface area contributed by atoms with E-state index < -0.39 is 39.4 Å². The van der Waals surface area contributed by atoms with E-state index in [0.29, 0.717) is 19.4 Å². The molecule has 3 fully saturated rings. The van der Waals surface area contributed by atoms with Gasteiger partial charge in [-0.05, 0) is 40.0 Å². The highest BCUT2D eigenvalue weighted by molar-refractivity contribution is 8.02. The maximum Gasteiger partial charge on any atom is 0.311 e. The van der Waals surface area contributed by atoms with Gasteiger partial charge in [0.05, 0.1) is 29.2 Å². The Balaban J connectivity index is 2.12. The number of likely N-dealkylation sites (tertiary alicyclic amines) is 1. The van der Waals surface area contributed by atoms with Gasteiger partial charge in [-0.25, -0.2) is 0 Å². The van der Waals surface area contributed by atoms with Crippen LogP contribution in [0.2, 0.25) is 0 Å². The number of carbonyl (C=O) groups is 3. The molecule has 0 aromatic heterocycles. The highest BCUT2D eigenvalue weighted by Crippen LogP contribution is 2.71. The Labute approximate surface area is 195 Å². The highest BCUT2D eigenvalue weighted by atomic mass is 32.2. The van der Waals surface area contributed by atoms with Gasteiger partial charge in [-0.1, -0.05) is 25.7 Å². The van der Waals surface area contributed by atoms with Crippen LogP contribution in [-0.4, -0.2) is 80.1 Å². The maximum atomic E-state index is 14.0. The molecular weight excluding hydrogens is 428 g/mol. The van der Waals surface area contributed by atoms with Crippen LogP contribution < -0.4 is 0 Å². The van der Waals surface area contributed by atoms with Crippen molar-refractivity contribution in [2.24, 2.45) is 11.8 Å². The number of nitrogens with zero attached hydrogens (tertiary/aromatic N) is 2. The predicted molar refractivity (Wildman–Crippen MR) is 125 cm³/mol. The van der Waals surface area contributed by atoms with Gasteiger partial charge in [0.15, 0.2) is 0 Å². The first-order valence-corrected chi connectivity index (χ1v) is 12.3. The van der Waals surface area contributed by atoms with E-state index in [2.05, 4.69) is 13.2 Å². The first kappa shape index (κ1) is 24.8. The van der Waals surface area contributed by atoms with Crippen molar-refractivity contribution in [1.29, 1.82) is 0 Å². The first-order chi connectivity index (χ1) is 15.1. The monoisotopic (exact) mass is 464 g/mol. The van der Waals surface area contributed by atoms with Gasteiger partial charge in [0.1, 0.15) is 12.6 Å². The van der Waals surface area contributed by atoms with Gasteiger partial charge in [0.25, 0.3) is 0 Å². The average Bonchev–Trinajstić information content (AvgIpc) is 3.32. The van der Waals surface area contributed by atoms with E-state index in [-0.39, 0.29) is 31.1 Å². The summed E-state index contributed by atoms with van der Waals surface area (Å²) >= 11 is 1.61. The van der Waals surface area contributed by atoms with E-state index in [9.17, 15) is 19.5 Å². The molecule has 32 heavy (non-hydrogen) atoms. The lowest BCUT2D eigenvalue weighted by Crippen LogP contribution is -2.58. The number of ether oxygens (including phenoxy) is 1. The molecule has 3 heterocycles. The quantitative estimate of drug-likeness (QED) is 0.395. The topological polar surface area (TPSA) is 87.1 Å². The van der Waals surface area contributed by atoms with E-state index in [4.69, 9.17) is 4.74 Å². The molecule has 0 aromatic rings. The fraction of sp³-hybridized carbons (Fsp3) is 0.708. The predicted octanol–water partition coefficient (Wildman–Crippen LogP) is 2.39. The Hall–Kier alpha value is -1.80. The minimum absolute atomic E-state index is 0.0744. The SMILES string of the molecule is C=CCOC(=O)[C@H]1[C@H]2C(=O)N([C@@H](CC)CO)C(C(=O)N(CC=C)C(C)C)C23CC[C@]1(C)S3. The third-order valence-electron chi connectivity index (χ3n) is 7.35. The molecule has 0 aromatic carbocycles. The molecule has 0 saturated carbocycles. The molecule has 3 saturated heterocycles. The Morgan fingerprint density at radius 1 is 1.34 bits per heavy atom. The smallest absolute Gasteiger partial charge is 0.311 e. The number of amides is 2. The summed E-state index contributed by atoms with van der Waals surface area (Å²) in [7, 11) is 0. The highest BCUT2D eigenvalue weighted by Gasteiger charge is 2.78. The molecule has 3 aliphatic rings. The van der Waals surface area contributed by atoms with E-state index in [0.717, 1.165) is 6.42 Å². The minimum Gasteiger partial charge on any atom is -0.461 e. The van der Waals surface area contributed by atoms with Crippen LogP contribution in [0.3, 0.4) is 0 Å². The Kier molecular flexibility index (Phi) is 7.15. The van der Waals surface area contributed by atoms with Crippen LogP contribution in [0.5, 0.6) is 0 Å². The maximum absolute atomic E-state index is 14.0. The van der Waals surface area contributed by atoms with Crippen molar-refractivity contribution in [2.75, 3.05) is 19.8 Å². The van der Waals surface area contributed by atoms with Crippen LogP contribution in [0.15, 0.2) is 25.3 Å². The van der Waals surface area contributed by atoms with E-state index in [1.807, 2.05) is 27.7 Å². The Morgan fingerprint density at radius 2 is 2.03 bits per heavy atom. The first-order valence-electron chi connectivity index (χ1n) is 11.5. The lowest BCUT2D eigenvalue weighted by molar-refractivity contribution is -0.155. The van der Waals surface area contributed by atoms with Crippen molar-refractivity contribution in [3.8, 4) is 0 Å². The molecule has 7 nitrogen and oxygen atoms in total. The van der Waals surface area contributed by atoms with E-state index >= 15 is 0 Å². The number of carbonyl (C=O) groups excluding carboxylic acids is 3. The lowest BCUT2D eigenvalue weighted by Gasteiger charge is -2.40. The van der Waals surface area contributed by atoms with Crippen LogP contribution >= 0.6 is 11.8 Å². The largest absolute Gasteiger partial charge is 0.461 e. The van der Waals surface area contributed by atoms with Gasteiger partial charge in [-0.15, -0.1) is 18.3 Å². The summed E-state index contributed by atoms with van der Waals surface area (Å²) in [6.45, 7) is 15.4. The summed E-state index contributed by atoms with van der Waals surface area (Å²) in [5.74, 6) is -2.03. The van der Waals surface area contributed by atoms with E-state index in [1.165, 1.54) is 6.08 Å². The molecule has 1 spiro atoms. The van der Waals surface area contributed by atoms with Gasteiger partial charge in [-0.3, -0.25) is 14.4 Å². The molecule has 2 amide bonds. The van der Waals surface area contributed by atoms with Crippen molar-refractivity contribution in [3.63, 3.8) is 0 Å². The third kappa shape index (κ3) is 3.59. The van der Waals surface area contributed by atoms with Crippen LogP contribution in [-0.2, 0) is 19.1 Å². The van der Waals surface area contributed by atoms with Crippen molar-refractivity contribution in [2.45, 2.75) is 74.6 Å². The summed E-state index contributed by atoms with van der Waals surface area (Å²) < 4.78 is 4.24. The van der Waals surface area contributed by atoms with Gasteiger partial charge in [-0.2, -0.15) is 0 Å². The molecule has 178 valence electrons. The fourth-order valence-electron chi connectivity index (χ4n) is 5.89. The molecule has 0 radical (unpaired) electrons. The molecule has 1 N–H and O–H groups in total. The molecule has 8 heteroatoms. The third-order valence-corrected chi connectivity index (χ3v) is 9.34. The second kappa shape index (κ2) is 9.21. The molecule has 6 atom stereocenters. The number of hydrogen-bond acceptors (Lipinski definition) is 6. The van der Waals surface area contributed by atoms with Crippen molar-refractivity contribution < 1.29 is 24.2 Å². The Morgan fingerprint density at radius 3 is 2.56 bits per heavy atom. The molecular formula is C24H36N2O5S. The molecule has 3 aliphatic heterocycles. The zero-order chi connectivity index (χ0) is 23.8. The molecule has 2 unspecified atom stereocenters. The number of thioether (sulfide) groups is 1. The second-order valence-electron chi connectivity index (χ2n) is 9.51. The summed E-state index contributed by atoms with van der Waals surface area (Å²) in [5.41, 5.74) is 0. The molecule has 0 aliphatic carbocycles. The van der Waals surface area contributed by atoms with Crippen LogP contribution in [0.25, 0.3) is 0 Å². The number of esters is 1. The summed E-state index contributed by atoms with van der Waals surface area (Å²) in [6, 6.07) is -1.29. The summed E-state index contributed by atoms with van der Waals surface area (Å²) in [4.78, 5) is 44.4. The van der Waals surface area contributed by atoms with Gasteiger partial charge in [0, 0.05) is 17.3 Å². The minimum atomic E-state index is -0.733. The number of aliphatic hydroxyl groups excluding tert-OH is 1. The van der Waals surface area contributed by atoms with Crippen molar-refractivity contribution in [3.05, 3.63) is 25.3 Å². The molecule has 2 bridgehead atoms. The second-order valence-corrected chi connectivity index (χ2v) is 11.4. The number of aliphatic hydroxyl groups is 1. The van der Waals surface area contributed by atoms with Crippen LogP contribution in [0.4, 0.5) is 0 Å². The van der Waals surface area contributed by atoms with Crippen LogP contribution in [0.1, 0.15) is 47.0 Å². The fourth-order valence-corrected chi connectivity index (χ4v) is 8.22. The van der Waals surface area contributed by atoms with E-state index in [1.54, 1.807) is 27.6 Å². The average molecular weight is 465 g/mol. The molecule has 3 rings (SSSR count).